The standard InChI is InChI=1S/C13H15FN2O/c1-9(11-7-15-16(2)8-11)10-4-5-13(17-3)12(14)6-10/h4-9H,1-3H3/t9-/m0/s1. The monoisotopic (exact) mass is 234 g/mol. The highest BCUT2D eigenvalue weighted by Crippen LogP contribution is 2.27. The second-order valence-corrected chi connectivity index (χ2v) is 4.06. The molecule has 0 saturated carbocycles. The van der Waals surface area contributed by atoms with Crippen LogP contribution in [0.1, 0.15) is 24.0 Å². The molecule has 0 fully saturated rings. The van der Waals surface area contributed by atoms with Gasteiger partial charge in [0, 0.05) is 19.2 Å². The Morgan fingerprint density at radius 1 is 1.35 bits per heavy atom. The molecule has 0 aliphatic heterocycles. The van der Waals surface area contributed by atoms with Crippen molar-refractivity contribution >= 4 is 0 Å². The number of ether oxygens (including phenoxy) is 1. The number of aryl methyl sites for hydroxylation is 1. The average Bonchev–Trinajstić information content (AvgIpc) is 2.75. The van der Waals surface area contributed by atoms with Crippen LogP contribution in [0.5, 0.6) is 5.75 Å². The Labute approximate surface area is 99.8 Å². The number of hydrogen-bond donors (Lipinski definition) is 0. The van der Waals surface area contributed by atoms with E-state index in [0.717, 1.165) is 11.1 Å². The molecule has 1 aromatic heterocycles. The van der Waals surface area contributed by atoms with E-state index in [4.69, 9.17) is 4.74 Å². The Morgan fingerprint density at radius 3 is 2.65 bits per heavy atom. The van der Waals surface area contributed by atoms with Crippen molar-refractivity contribution < 1.29 is 9.13 Å². The smallest absolute Gasteiger partial charge is 0.165 e. The zero-order chi connectivity index (χ0) is 12.4. The summed E-state index contributed by atoms with van der Waals surface area (Å²) in [5, 5.41) is 4.12. The summed E-state index contributed by atoms with van der Waals surface area (Å²) in [4.78, 5) is 0. The van der Waals surface area contributed by atoms with Crippen LogP contribution in [0, 0.1) is 5.82 Å². The fraction of sp³-hybridized carbons (Fsp3) is 0.308. The molecule has 0 bridgehead atoms. The van der Waals surface area contributed by atoms with Crippen molar-refractivity contribution in [2.75, 3.05) is 7.11 Å². The maximum atomic E-state index is 13.6. The minimum absolute atomic E-state index is 0.115. The van der Waals surface area contributed by atoms with Crippen LogP contribution in [0.2, 0.25) is 0 Å². The number of methoxy groups -OCH3 is 1. The Balaban J connectivity index is 2.31. The highest BCUT2D eigenvalue weighted by atomic mass is 19.1. The summed E-state index contributed by atoms with van der Waals surface area (Å²) in [5.74, 6) is 0.0528. The quantitative estimate of drug-likeness (QED) is 0.816. The van der Waals surface area contributed by atoms with E-state index >= 15 is 0 Å². The Hall–Kier alpha value is -1.84. The molecule has 1 aromatic carbocycles. The normalized spacial score (nSPS) is 12.5. The van der Waals surface area contributed by atoms with Crippen LogP contribution in [0.15, 0.2) is 30.6 Å². The van der Waals surface area contributed by atoms with Crippen LogP contribution < -0.4 is 4.74 Å². The lowest BCUT2D eigenvalue weighted by Gasteiger charge is -2.11. The molecule has 4 heteroatoms. The summed E-state index contributed by atoms with van der Waals surface area (Å²) < 4.78 is 20.2. The molecule has 90 valence electrons. The third-order valence-electron chi connectivity index (χ3n) is 2.90. The Bertz CT molecular complexity index is 522. The van der Waals surface area contributed by atoms with Crippen LogP contribution in [0.25, 0.3) is 0 Å². The Morgan fingerprint density at radius 2 is 2.12 bits per heavy atom. The number of halogens is 1. The fourth-order valence-electron chi connectivity index (χ4n) is 1.81. The first-order valence-corrected chi connectivity index (χ1v) is 5.44. The first-order chi connectivity index (χ1) is 8.11. The number of benzene rings is 1. The van der Waals surface area contributed by atoms with Crippen molar-refractivity contribution in [2.24, 2.45) is 7.05 Å². The first-order valence-electron chi connectivity index (χ1n) is 5.44. The maximum absolute atomic E-state index is 13.6. The average molecular weight is 234 g/mol. The predicted molar refractivity (Wildman–Crippen MR) is 63.7 cm³/mol. The summed E-state index contributed by atoms with van der Waals surface area (Å²) in [6, 6.07) is 5.04. The van der Waals surface area contributed by atoms with Gasteiger partial charge in [0.1, 0.15) is 0 Å². The summed E-state index contributed by atoms with van der Waals surface area (Å²) in [6.07, 6.45) is 3.74. The van der Waals surface area contributed by atoms with Gasteiger partial charge < -0.3 is 4.74 Å². The van der Waals surface area contributed by atoms with Gasteiger partial charge in [-0.05, 0) is 23.3 Å². The molecule has 1 heterocycles. The van der Waals surface area contributed by atoms with Crippen molar-refractivity contribution in [1.29, 1.82) is 0 Å². The second kappa shape index (κ2) is 4.57. The van der Waals surface area contributed by atoms with E-state index < -0.39 is 0 Å². The van der Waals surface area contributed by atoms with E-state index in [2.05, 4.69) is 5.10 Å². The molecule has 2 rings (SSSR count). The summed E-state index contributed by atoms with van der Waals surface area (Å²) in [5.41, 5.74) is 1.98. The lowest BCUT2D eigenvalue weighted by Crippen LogP contribution is -1.97. The number of nitrogens with zero attached hydrogens (tertiary/aromatic N) is 2. The Kier molecular flexibility index (Phi) is 3.13. The van der Waals surface area contributed by atoms with Crippen LogP contribution in [-0.4, -0.2) is 16.9 Å². The van der Waals surface area contributed by atoms with Gasteiger partial charge in [-0.2, -0.15) is 5.10 Å². The zero-order valence-electron chi connectivity index (χ0n) is 10.1. The van der Waals surface area contributed by atoms with Crippen molar-refractivity contribution in [3.63, 3.8) is 0 Å². The number of rotatable bonds is 3. The molecule has 0 aliphatic carbocycles. The van der Waals surface area contributed by atoms with Crippen molar-refractivity contribution in [2.45, 2.75) is 12.8 Å². The van der Waals surface area contributed by atoms with Gasteiger partial charge in [0.05, 0.1) is 13.3 Å². The molecule has 0 unspecified atom stereocenters. The SMILES string of the molecule is COc1ccc([C@H](C)c2cnn(C)c2)cc1F. The van der Waals surface area contributed by atoms with Gasteiger partial charge in [-0.3, -0.25) is 4.68 Å². The van der Waals surface area contributed by atoms with E-state index in [9.17, 15) is 4.39 Å². The largest absolute Gasteiger partial charge is 0.494 e. The van der Waals surface area contributed by atoms with Gasteiger partial charge in [-0.1, -0.05) is 13.0 Å². The lowest BCUT2D eigenvalue weighted by molar-refractivity contribution is 0.386. The van der Waals surface area contributed by atoms with E-state index in [1.807, 2.05) is 26.2 Å². The van der Waals surface area contributed by atoms with E-state index in [1.165, 1.54) is 13.2 Å². The second-order valence-electron chi connectivity index (χ2n) is 4.06. The van der Waals surface area contributed by atoms with Gasteiger partial charge in [-0.15, -0.1) is 0 Å². The maximum Gasteiger partial charge on any atom is 0.165 e. The predicted octanol–water partition coefficient (Wildman–Crippen LogP) is 2.72. The fourth-order valence-corrected chi connectivity index (χ4v) is 1.81. The third kappa shape index (κ3) is 2.30. The summed E-state index contributed by atoms with van der Waals surface area (Å²) in [6.45, 7) is 2.03. The van der Waals surface area contributed by atoms with Crippen molar-refractivity contribution in [1.82, 2.24) is 9.78 Å². The molecule has 0 N–H and O–H groups in total. The molecule has 0 amide bonds. The molecular formula is C13H15FN2O. The number of hydrogen-bond acceptors (Lipinski definition) is 2. The number of aromatic nitrogens is 2. The first kappa shape index (κ1) is 11.6. The molecule has 1 atom stereocenters. The van der Waals surface area contributed by atoms with Crippen LogP contribution >= 0.6 is 0 Å². The molecule has 0 spiro atoms. The van der Waals surface area contributed by atoms with Gasteiger partial charge in [-0.25, -0.2) is 4.39 Å². The van der Waals surface area contributed by atoms with Gasteiger partial charge in [0.2, 0.25) is 0 Å². The van der Waals surface area contributed by atoms with Crippen molar-refractivity contribution in [3.05, 3.63) is 47.5 Å². The zero-order valence-corrected chi connectivity index (χ0v) is 10.1. The van der Waals surface area contributed by atoms with Crippen LogP contribution in [0.3, 0.4) is 0 Å². The van der Waals surface area contributed by atoms with Gasteiger partial charge >= 0.3 is 0 Å². The minimum atomic E-state index is -0.333. The summed E-state index contributed by atoms with van der Waals surface area (Å²) in [7, 11) is 3.33. The third-order valence-corrected chi connectivity index (χ3v) is 2.90. The van der Waals surface area contributed by atoms with E-state index in [1.54, 1.807) is 16.9 Å². The van der Waals surface area contributed by atoms with E-state index in [0.29, 0.717) is 0 Å². The van der Waals surface area contributed by atoms with Gasteiger partial charge in [0.25, 0.3) is 0 Å². The highest BCUT2D eigenvalue weighted by Gasteiger charge is 2.12. The summed E-state index contributed by atoms with van der Waals surface area (Å²) >= 11 is 0. The molecule has 17 heavy (non-hydrogen) atoms. The molecular weight excluding hydrogens is 219 g/mol. The van der Waals surface area contributed by atoms with E-state index in [-0.39, 0.29) is 17.5 Å². The van der Waals surface area contributed by atoms with Crippen molar-refractivity contribution in [3.8, 4) is 5.75 Å². The lowest BCUT2D eigenvalue weighted by atomic mass is 9.95. The van der Waals surface area contributed by atoms with Crippen LogP contribution in [-0.2, 0) is 7.05 Å². The molecule has 0 aliphatic rings. The molecule has 0 saturated heterocycles. The highest BCUT2D eigenvalue weighted by molar-refractivity contribution is 5.35. The minimum Gasteiger partial charge on any atom is -0.494 e. The molecule has 0 radical (unpaired) electrons. The molecule has 2 aromatic rings. The topological polar surface area (TPSA) is 27.1 Å². The molecule has 3 nitrogen and oxygen atoms in total. The van der Waals surface area contributed by atoms with Gasteiger partial charge in [0.15, 0.2) is 11.6 Å². The van der Waals surface area contributed by atoms with Crippen LogP contribution in [0.4, 0.5) is 4.39 Å².